The monoisotopic (exact) mass is 336 g/mol. The lowest BCUT2D eigenvalue weighted by Crippen LogP contribution is -2.41. The highest BCUT2D eigenvalue weighted by Gasteiger charge is 2.36. The zero-order valence-corrected chi connectivity index (χ0v) is 14.4. The Labute approximate surface area is 141 Å². The summed E-state index contributed by atoms with van der Waals surface area (Å²) in [7, 11) is 1.60. The SMILES string of the molecule is CN(C(=O)OC(C)(C)C)c1ccc(N2C(=O)CCC2C(O)O)cc1. The maximum Gasteiger partial charge on any atom is 0.414 e. The standard InChI is InChI=1S/C17H24N2O5/c1-17(2,3)24-16(23)18(4)11-5-7-12(8-6-11)19-13(15(21)22)9-10-14(19)20/h5-8,13,15,21-22H,9-10H2,1-4H3. The molecule has 1 fully saturated rings. The third kappa shape index (κ3) is 4.04. The van der Waals surface area contributed by atoms with Gasteiger partial charge in [0.2, 0.25) is 5.91 Å². The number of nitrogens with zero attached hydrogens (tertiary/aromatic N) is 2. The van der Waals surface area contributed by atoms with Gasteiger partial charge in [-0.05, 0) is 51.5 Å². The Balaban J connectivity index is 2.15. The minimum Gasteiger partial charge on any atom is -0.443 e. The van der Waals surface area contributed by atoms with Crippen LogP contribution in [-0.4, -0.2) is 47.2 Å². The first kappa shape index (κ1) is 18.2. The smallest absolute Gasteiger partial charge is 0.414 e. The van der Waals surface area contributed by atoms with Crippen LogP contribution >= 0.6 is 0 Å². The highest BCUT2D eigenvalue weighted by atomic mass is 16.6. The molecule has 7 heteroatoms. The molecule has 0 radical (unpaired) electrons. The lowest BCUT2D eigenvalue weighted by molar-refractivity contribution is -0.118. The second-order valence-electron chi connectivity index (χ2n) is 6.84. The molecule has 1 aromatic rings. The van der Waals surface area contributed by atoms with Crippen molar-refractivity contribution in [1.29, 1.82) is 0 Å². The van der Waals surface area contributed by atoms with E-state index in [1.54, 1.807) is 52.1 Å². The molecule has 0 aliphatic carbocycles. The van der Waals surface area contributed by atoms with Crippen molar-refractivity contribution in [2.24, 2.45) is 0 Å². The molecule has 2 rings (SSSR count). The maximum atomic E-state index is 12.1. The first-order chi connectivity index (χ1) is 11.1. The first-order valence-electron chi connectivity index (χ1n) is 7.85. The second-order valence-corrected chi connectivity index (χ2v) is 6.84. The fourth-order valence-electron chi connectivity index (χ4n) is 2.60. The van der Waals surface area contributed by atoms with E-state index in [0.717, 1.165) is 0 Å². The van der Waals surface area contributed by atoms with Crippen LogP contribution in [0.15, 0.2) is 24.3 Å². The summed E-state index contributed by atoms with van der Waals surface area (Å²) in [5, 5.41) is 18.8. The molecule has 1 aliphatic heterocycles. The molecule has 1 saturated heterocycles. The van der Waals surface area contributed by atoms with Crippen molar-refractivity contribution in [3.8, 4) is 0 Å². The normalized spacial score (nSPS) is 18.2. The number of amides is 2. The molecule has 1 unspecified atom stereocenters. The molecule has 7 nitrogen and oxygen atoms in total. The molecule has 0 bridgehead atoms. The van der Waals surface area contributed by atoms with Gasteiger partial charge in [-0.25, -0.2) is 4.79 Å². The number of carbonyl (C=O) groups excluding carboxylic acids is 2. The molecule has 132 valence electrons. The van der Waals surface area contributed by atoms with Crippen LogP contribution in [0.3, 0.4) is 0 Å². The van der Waals surface area contributed by atoms with Gasteiger partial charge in [0.1, 0.15) is 5.60 Å². The van der Waals surface area contributed by atoms with Gasteiger partial charge in [-0.2, -0.15) is 0 Å². The van der Waals surface area contributed by atoms with Crippen molar-refractivity contribution in [2.45, 2.75) is 51.5 Å². The maximum absolute atomic E-state index is 12.1. The molecule has 1 aromatic carbocycles. The van der Waals surface area contributed by atoms with Gasteiger partial charge in [0.05, 0.1) is 6.04 Å². The number of carbonyl (C=O) groups is 2. The van der Waals surface area contributed by atoms with Gasteiger partial charge in [-0.1, -0.05) is 0 Å². The van der Waals surface area contributed by atoms with E-state index >= 15 is 0 Å². The van der Waals surface area contributed by atoms with Crippen LogP contribution < -0.4 is 9.80 Å². The predicted molar refractivity (Wildman–Crippen MR) is 89.8 cm³/mol. The summed E-state index contributed by atoms with van der Waals surface area (Å²) in [6, 6.07) is 6.08. The minimum absolute atomic E-state index is 0.152. The Morgan fingerprint density at radius 2 is 1.88 bits per heavy atom. The third-order valence-electron chi connectivity index (χ3n) is 3.78. The summed E-state index contributed by atoms with van der Waals surface area (Å²) >= 11 is 0. The number of hydrogen-bond donors (Lipinski definition) is 2. The van der Waals surface area contributed by atoms with Crippen LogP contribution in [0.25, 0.3) is 0 Å². The lowest BCUT2D eigenvalue weighted by Gasteiger charge is -2.27. The van der Waals surface area contributed by atoms with Gasteiger partial charge in [0, 0.05) is 24.8 Å². The van der Waals surface area contributed by atoms with Crippen molar-refractivity contribution in [1.82, 2.24) is 0 Å². The van der Waals surface area contributed by atoms with E-state index in [1.807, 2.05) is 0 Å². The van der Waals surface area contributed by atoms with Crippen LogP contribution in [0.4, 0.5) is 16.2 Å². The summed E-state index contributed by atoms with van der Waals surface area (Å²) in [6.07, 6.45) is -1.38. The van der Waals surface area contributed by atoms with Crippen molar-refractivity contribution in [2.75, 3.05) is 16.8 Å². The Kier molecular flexibility index (Phi) is 5.15. The van der Waals surface area contributed by atoms with Gasteiger partial charge < -0.3 is 19.8 Å². The summed E-state index contributed by atoms with van der Waals surface area (Å²) < 4.78 is 5.31. The number of ether oxygens (including phenoxy) is 1. The van der Waals surface area contributed by atoms with Crippen molar-refractivity contribution < 1.29 is 24.5 Å². The quantitative estimate of drug-likeness (QED) is 0.822. The molecule has 2 amide bonds. The molecule has 1 atom stereocenters. The average Bonchev–Trinajstić information content (AvgIpc) is 2.87. The Hall–Kier alpha value is -2.12. The van der Waals surface area contributed by atoms with Crippen LogP contribution in [0.1, 0.15) is 33.6 Å². The average molecular weight is 336 g/mol. The summed E-state index contributed by atoms with van der Waals surface area (Å²) in [4.78, 5) is 26.8. The van der Waals surface area contributed by atoms with Crippen molar-refractivity contribution in [3.63, 3.8) is 0 Å². The summed E-state index contributed by atoms with van der Waals surface area (Å²) in [6.45, 7) is 5.38. The minimum atomic E-state index is -1.58. The van der Waals surface area contributed by atoms with Crippen LogP contribution in [-0.2, 0) is 9.53 Å². The number of rotatable bonds is 3. The Morgan fingerprint density at radius 3 is 2.38 bits per heavy atom. The molecule has 1 heterocycles. The van der Waals surface area contributed by atoms with Crippen LogP contribution in [0.5, 0.6) is 0 Å². The van der Waals surface area contributed by atoms with Gasteiger partial charge >= 0.3 is 6.09 Å². The first-order valence-corrected chi connectivity index (χ1v) is 7.85. The fraction of sp³-hybridized carbons (Fsp3) is 0.529. The number of hydrogen-bond acceptors (Lipinski definition) is 5. The summed E-state index contributed by atoms with van der Waals surface area (Å²) in [5.74, 6) is -0.152. The van der Waals surface area contributed by atoms with Crippen LogP contribution in [0, 0.1) is 0 Å². The predicted octanol–water partition coefficient (Wildman–Crippen LogP) is 1.86. The van der Waals surface area contributed by atoms with E-state index in [1.165, 1.54) is 9.80 Å². The number of benzene rings is 1. The molecular formula is C17H24N2O5. The van der Waals surface area contributed by atoms with Gasteiger partial charge in [-0.15, -0.1) is 0 Å². The molecular weight excluding hydrogens is 312 g/mol. The van der Waals surface area contributed by atoms with E-state index in [0.29, 0.717) is 17.8 Å². The van der Waals surface area contributed by atoms with Crippen LogP contribution in [0.2, 0.25) is 0 Å². The second kappa shape index (κ2) is 6.78. The molecule has 24 heavy (non-hydrogen) atoms. The van der Waals surface area contributed by atoms with Gasteiger partial charge in [0.25, 0.3) is 0 Å². The Bertz CT molecular complexity index is 606. The largest absolute Gasteiger partial charge is 0.443 e. The zero-order chi connectivity index (χ0) is 18.1. The number of anilines is 2. The van der Waals surface area contributed by atoms with E-state index in [-0.39, 0.29) is 12.3 Å². The number of aliphatic hydroxyl groups excluding tert-OH is 1. The van der Waals surface area contributed by atoms with E-state index in [4.69, 9.17) is 4.74 Å². The van der Waals surface area contributed by atoms with E-state index < -0.39 is 24.0 Å². The third-order valence-corrected chi connectivity index (χ3v) is 3.78. The molecule has 0 saturated carbocycles. The van der Waals surface area contributed by atoms with Crippen molar-refractivity contribution in [3.05, 3.63) is 24.3 Å². The fourth-order valence-corrected chi connectivity index (χ4v) is 2.60. The topological polar surface area (TPSA) is 90.3 Å². The molecule has 1 aliphatic rings. The molecule has 0 aromatic heterocycles. The highest BCUT2D eigenvalue weighted by Crippen LogP contribution is 2.29. The Morgan fingerprint density at radius 1 is 1.29 bits per heavy atom. The van der Waals surface area contributed by atoms with Crippen molar-refractivity contribution >= 4 is 23.4 Å². The van der Waals surface area contributed by atoms with E-state index in [9.17, 15) is 19.8 Å². The molecule has 0 spiro atoms. The van der Waals surface area contributed by atoms with E-state index in [2.05, 4.69) is 0 Å². The lowest BCUT2D eigenvalue weighted by atomic mass is 10.2. The van der Waals surface area contributed by atoms with Gasteiger partial charge in [0.15, 0.2) is 6.29 Å². The number of aliphatic hydroxyl groups is 2. The summed E-state index contributed by atoms with van der Waals surface area (Å²) in [5.41, 5.74) is 0.593. The van der Waals surface area contributed by atoms with Gasteiger partial charge in [-0.3, -0.25) is 9.69 Å². The zero-order valence-electron chi connectivity index (χ0n) is 14.4. The molecule has 2 N–H and O–H groups in total. The highest BCUT2D eigenvalue weighted by molar-refractivity contribution is 5.96.